The van der Waals surface area contributed by atoms with Gasteiger partial charge in [0.1, 0.15) is 0 Å². The molecule has 2 aromatic heterocycles. The van der Waals surface area contributed by atoms with Crippen molar-refractivity contribution in [2.45, 2.75) is 36.5 Å². The number of carbonyl (C=O) groups is 2. The number of fused-ring (bicyclic) bond motifs is 2. The summed E-state index contributed by atoms with van der Waals surface area (Å²) < 4.78 is 2.59. The van der Waals surface area contributed by atoms with Crippen molar-refractivity contribution in [3.8, 4) is 0 Å². The van der Waals surface area contributed by atoms with E-state index in [-0.39, 0.29) is 23.7 Å². The minimum atomic E-state index is -0.802. The van der Waals surface area contributed by atoms with Gasteiger partial charge in [-0.15, -0.1) is 22.7 Å². The van der Waals surface area contributed by atoms with Gasteiger partial charge in [0, 0.05) is 34.8 Å². The Kier molecular flexibility index (Phi) is 8.36. The highest BCUT2D eigenvalue weighted by Gasteiger charge is 2.51. The maximum absolute atomic E-state index is 13.0. The summed E-state index contributed by atoms with van der Waals surface area (Å²) in [7, 11) is 3.83. The summed E-state index contributed by atoms with van der Waals surface area (Å²) in [6.45, 7) is 2.34. The van der Waals surface area contributed by atoms with Crippen LogP contribution < -0.4 is 0 Å². The van der Waals surface area contributed by atoms with E-state index in [0.717, 1.165) is 29.5 Å². The first kappa shape index (κ1) is 30.5. The summed E-state index contributed by atoms with van der Waals surface area (Å²) >= 11 is 3.51. The fourth-order valence-electron chi connectivity index (χ4n) is 7.41. The van der Waals surface area contributed by atoms with Gasteiger partial charge in [0.05, 0.1) is 5.41 Å². The van der Waals surface area contributed by atoms with Gasteiger partial charge in [-0.1, -0.05) is 72.8 Å². The third kappa shape index (κ3) is 5.81. The van der Waals surface area contributed by atoms with Crippen LogP contribution in [0.1, 0.15) is 35.1 Å². The van der Waals surface area contributed by atoms with E-state index in [4.69, 9.17) is 0 Å². The average Bonchev–Trinajstić information content (AvgIpc) is 3.87. The predicted octanol–water partition coefficient (Wildman–Crippen LogP) is 8.49. The molecule has 2 fully saturated rings. The van der Waals surface area contributed by atoms with Crippen molar-refractivity contribution in [1.29, 1.82) is 0 Å². The van der Waals surface area contributed by atoms with Crippen LogP contribution in [-0.4, -0.2) is 48.8 Å². The molecule has 2 aliphatic heterocycles. The van der Waals surface area contributed by atoms with Gasteiger partial charge >= 0.3 is 0 Å². The van der Waals surface area contributed by atoms with E-state index in [1.807, 2.05) is 53.1 Å². The Labute approximate surface area is 278 Å². The van der Waals surface area contributed by atoms with Crippen molar-refractivity contribution in [2.75, 3.05) is 27.2 Å². The van der Waals surface area contributed by atoms with E-state index in [2.05, 4.69) is 90.1 Å². The molecule has 0 saturated carbocycles. The van der Waals surface area contributed by atoms with E-state index in [0.29, 0.717) is 6.42 Å². The molecule has 4 nitrogen and oxygen atoms in total. The highest BCUT2D eigenvalue weighted by molar-refractivity contribution is 7.17. The summed E-state index contributed by atoms with van der Waals surface area (Å²) in [4.78, 5) is 29.1. The number of likely N-dealkylation sites (tertiary alicyclic amines) is 2. The topological polar surface area (TPSA) is 40.6 Å². The van der Waals surface area contributed by atoms with Crippen molar-refractivity contribution >= 4 is 54.7 Å². The van der Waals surface area contributed by atoms with E-state index >= 15 is 0 Å². The summed E-state index contributed by atoms with van der Waals surface area (Å²) in [5, 5.41) is 6.76. The first-order valence-corrected chi connectivity index (χ1v) is 17.6. The summed E-state index contributed by atoms with van der Waals surface area (Å²) in [6.07, 6.45) is 3.15. The molecule has 4 heterocycles. The minimum Gasteiger partial charge on any atom is -0.305 e. The molecule has 0 aliphatic carbocycles. The second-order valence-corrected chi connectivity index (χ2v) is 14.9. The number of imide groups is 1. The van der Waals surface area contributed by atoms with E-state index in [1.165, 1.54) is 43.8 Å². The Morgan fingerprint density at radius 2 is 1.24 bits per heavy atom. The van der Waals surface area contributed by atoms with Crippen LogP contribution >= 0.6 is 22.7 Å². The third-order valence-corrected chi connectivity index (χ3v) is 11.7. The van der Waals surface area contributed by atoms with Gasteiger partial charge in [-0.2, -0.15) is 0 Å². The van der Waals surface area contributed by atoms with Gasteiger partial charge in [0.25, 0.3) is 0 Å². The van der Waals surface area contributed by atoms with Gasteiger partial charge in [0.2, 0.25) is 11.8 Å². The van der Waals surface area contributed by atoms with Crippen LogP contribution in [0.15, 0.2) is 120 Å². The lowest BCUT2D eigenvalue weighted by Gasteiger charge is -2.30. The Hall–Kier alpha value is -4.10. The van der Waals surface area contributed by atoms with Crippen LogP contribution in [0, 0.1) is 0 Å². The SMILES string of the molecule is CN1C(=O)CC(Cc2ccccc2)(c2ccc3sccc3c2)C1=O.CN1CCC(Cc2ccccc2)(c2ccc3sccc3c2)C1. The van der Waals surface area contributed by atoms with Crippen LogP contribution in [0.3, 0.4) is 0 Å². The van der Waals surface area contributed by atoms with Crippen LogP contribution in [0.2, 0.25) is 0 Å². The maximum Gasteiger partial charge on any atom is 0.240 e. The largest absolute Gasteiger partial charge is 0.305 e. The number of nitrogens with zero attached hydrogens (tertiary/aromatic N) is 2. The Balaban J connectivity index is 0.000000147. The second-order valence-electron chi connectivity index (χ2n) is 13.0. The predicted molar refractivity (Wildman–Crippen MR) is 192 cm³/mol. The average molecular weight is 643 g/mol. The van der Waals surface area contributed by atoms with Crippen molar-refractivity contribution in [2.24, 2.45) is 0 Å². The van der Waals surface area contributed by atoms with E-state index in [1.54, 1.807) is 18.4 Å². The molecule has 46 heavy (non-hydrogen) atoms. The molecule has 0 bridgehead atoms. The molecule has 2 aliphatic rings. The van der Waals surface area contributed by atoms with Crippen molar-refractivity contribution in [3.05, 3.63) is 142 Å². The monoisotopic (exact) mass is 642 g/mol. The molecule has 2 saturated heterocycles. The molecular formula is C40H38N2O2S2. The summed E-state index contributed by atoms with van der Waals surface area (Å²) in [5.41, 5.74) is 4.41. The zero-order valence-corrected chi connectivity index (χ0v) is 28.0. The molecule has 0 N–H and O–H groups in total. The normalized spacial score (nSPS) is 21.7. The van der Waals surface area contributed by atoms with Gasteiger partial charge in [0.15, 0.2) is 0 Å². The Morgan fingerprint density at radius 3 is 1.78 bits per heavy atom. The first-order chi connectivity index (χ1) is 22.3. The molecule has 8 rings (SSSR count). The molecule has 2 amide bonds. The van der Waals surface area contributed by atoms with E-state index < -0.39 is 5.41 Å². The number of hydrogen-bond donors (Lipinski definition) is 0. The molecule has 4 aromatic carbocycles. The van der Waals surface area contributed by atoms with Gasteiger partial charge in [-0.05, 0) is 113 Å². The molecule has 0 radical (unpaired) electrons. The lowest BCUT2D eigenvalue weighted by Crippen LogP contribution is -2.38. The lowest BCUT2D eigenvalue weighted by molar-refractivity contribution is -0.138. The smallest absolute Gasteiger partial charge is 0.240 e. The summed E-state index contributed by atoms with van der Waals surface area (Å²) in [5.74, 6) is -0.215. The zero-order valence-electron chi connectivity index (χ0n) is 26.3. The van der Waals surface area contributed by atoms with E-state index in [9.17, 15) is 9.59 Å². The number of hydrogen-bond acceptors (Lipinski definition) is 5. The highest BCUT2D eigenvalue weighted by atomic mass is 32.1. The highest BCUT2D eigenvalue weighted by Crippen LogP contribution is 2.41. The fraction of sp³-hybridized carbons (Fsp3) is 0.250. The molecular weight excluding hydrogens is 605 g/mol. The number of amides is 2. The van der Waals surface area contributed by atoms with Gasteiger partial charge in [-0.25, -0.2) is 0 Å². The number of carbonyl (C=O) groups excluding carboxylic acids is 2. The van der Waals surface area contributed by atoms with Crippen LogP contribution in [0.5, 0.6) is 0 Å². The Bertz CT molecular complexity index is 2000. The first-order valence-electron chi connectivity index (χ1n) is 15.9. The van der Waals surface area contributed by atoms with Crippen molar-refractivity contribution < 1.29 is 9.59 Å². The number of rotatable bonds is 6. The molecule has 6 aromatic rings. The summed E-state index contributed by atoms with van der Waals surface area (Å²) in [6, 6.07) is 38.4. The number of likely N-dealkylation sites (N-methyl/N-ethyl adjacent to an activating group) is 2. The maximum atomic E-state index is 13.0. The van der Waals surface area contributed by atoms with Crippen LogP contribution in [0.4, 0.5) is 0 Å². The molecule has 6 heteroatoms. The number of thiophene rings is 2. The standard InChI is InChI=1S/C20H17NO2S.C20H21NS/c1-21-18(22)13-20(19(21)23,12-14-5-3-2-4-6-14)16-7-8-17-15(11-16)9-10-24-17;1-21-11-10-20(15-21,14-16-5-3-2-4-6-16)18-7-8-19-17(13-18)9-12-22-19/h2-11H,12-13H2,1H3;2-9,12-13H,10-11,14-15H2,1H3. The van der Waals surface area contributed by atoms with Crippen molar-refractivity contribution in [3.63, 3.8) is 0 Å². The quantitative estimate of drug-likeness (QED) is 0.171. The minimum absolute atomic E-state index is 0.106. The second kappa shape index (κ2) is 12.6. The zero-order chi connectivity index (χ0) is 31.7. The van der Waals surface area contributed by atoms with Crippen LogP contribution in [0.25, 0.3) is 20.2 Å². The number of benzene rings is 4. The van der Waals surface area contributed by atoms with Crippen LogP contribution in [-0.2, 0) is 33.3 Å². The molecule has 2 unspecified atom stereocenters. The molecule has 232 valence electrons. The molecule has 2 atom stereocenters. The van der Waals surface area contributed by atoms with Gasteiger partial charge in [-0.3, -0.25) is 14.5 Å². The van der Waals surface area contributed by atoms with Crippen molar-refractivity contribution in [1.82, 2.24) is 9.80 Å². The lowest BCUT2D eigenvalue weighted by atomic mass is 9.74. The molecule has 0 spiro atoms. The van der Waals surface area contributed by atoms with Gasteiger partial charge < -0.3 is 4.90 Å². The Morgan fingerprint density at radius 1 is 0.674 bits per heavy atom. The fourth-order valence-corrected chi connectivity index (χ4v) is 8.95. The third-order valence-electron chi connectivity index (χ3n) is 9.89.